The first-order chi connectivity index (χ1) is 14.4. The van der Waals surface area contributed by atoms with Crippen LogP contribution in [0.1, 0.15) is 43.7 Å². The molecule has 1 heterocycles. The highest BCUT2D eigenvalue weighted by molar-refractivity contribution is 8.27. The Kier molecular flexibility index (Phi) is 7.29. The third-order valence-electron chi connectivity index (χ3n) is 4.87. The summed E-state index contributed by atoms with van der Waals surface area (Å²) in [5.41, 5.74) is 2.79. The average molecular weight is 442 g/mol. The maximum absolute atomic E-state index is 13.0. The molecule has 7 heteroatoms. The molecule has 2 aromatic rings. The number of thioether (sulfide) groups is 1. The molecule has 1 unspecified atom stereocenters. The van der Waals surface area contributed by atoms with E-state index in [4.69, 9.17) is 22.1 Å². The van der Waals surface area contributed by atoms with Crippen molar-refractivity contribution in [2.75, 3.05) is 11.5 Å². The van der Waals surface area contributed by atoms with Gasteiger partial charge in [0.05, 0.1) is 23.6 Å². The Balaban J connectivity index is 1.76. The summed E-state index contributed by atoms with van der Waals surface area (Å²) in [7, 11) is 0. The van der Waals surface area contributed by atoms with Crippen LogP contribution in [0.25, 0.3) is 6.08 Å². The summed E-state index contributed by atoms with van der Waals surface area (Å²) in [5, 5.41) is 8.72. The highest BCUT2D eigenvalue weighted by Gasteiger charge is 2.33. The highest BCUT2D eigenvalue weighted by Crippen LogP contribution is 2.36. The van der Waals surface area contributed by atoms with Gasteiger partial charge in [-0.3, -0.25) is 14.5 Å². The molecule has 0 radical (unpaired) electrons. The van der Waals surface area contributed by atoms with E-state index >= 15 is 0 Å². The summed E-state index contributed by atoms with van der Waals surface area (Å²) in [4.78, 5) is 25.7. The Hall–Kier alpha value is -2.64. The maximum Gasteiger partial charge on any atom is 0.306 e. The van der Waals surface area contributed by atoms with Crippen molar-refractivity contribution in [2.45, 2.75) is 32.6 Å². The number of hydrogen-bond acceptors (Lipinski definition) is 5. The van der Waals surface area contributed by atoms with E-state index in [9.17, 15) is 9.59 Å². The zero-order valence-corrected chi connectivity index (χ0v) is 18.5. The van der Waals surface area contributed by atoms with Gasteiger partial charge in [-0.15, -0.1) is 0 Å². The molecule has 1 fully saturated rings. The third-order valence-corrected chi connectivity index (χ3v) is 6.17. The van der Waals surface area contributed by atoms with Crippen LogP contribution in [0.4, 0.5) is 5.69 Å². The van der Waals surface area contributed by atoms with Crippen LogP contribution in [0.3, 0.4) is 0 Å². The first kappa shape index (κ1) is 22.1. The summed E-state index contributed by atoms with van der Waals surface area (Å²) in [6.07, 6.45) is 2.76. The lowest BCUT2D eigenvalue weighted by Gasteiger charge is -2.16. The van der Waals surface area contributed by atoms with Gasteiger partial charge in [0.25, 0.3) is 5.91 Å². The lowest BCUT2D eigenvalue weighted by Crippen LogP contribution is -2.27. The quantitative estimate of drug-likeness (QED) is 0.433. The van der Waals surface area contributed by atoms with Crippen LogP contribution < -0.4 is 9.64 Å². The van der Waals surface area contributed by atoms with E-state index in [0.717, 1.165) is 17.7 Å². The van der Waals surface area contributed by atoms with Crippen molar-refractivity contribution < 1.29 is 19.4 Å². The second kappa shape index (κ2) is 9.91. The van der Waals surface area contributed by atoms with E-state index in [1.807, 2.05) is 30.3 Å². The average Bonchev–Trinajstić information content (AvgIpc) is 3.00. The molecule has 1 aliphatic heterocycles. The molecule has 30 heavy (non-hydrogen) atoms. The Morgan fingerprint density at radius 2 is 2.00 bits per heavy atom. The molecule has 1 saturated heterocycles. The fourth-order valence-electron chi connectivity index (χ4n) is 2.98. The van der Waals surface area contributed by atoms with E-state index in [-0.39, 0.29) is 18.9 Å². The Morgan fingerprint density at radius 1 is 1.27 bits per heavy atom. The van der Waals surface area contributed by atoms with Gasteiger partial charge in [0, 0.05) is 0 Å². The van der Waals surface area contributed by atoms with Crippen molar-refractivity contribution in [3.05, 3.63) is 64.6 Å². The number of thiocarbonyl (C=S) groups is 1. The number of ether oxygens (including phenoxy) is 1. The van der Waals surface area contributed by atoms with Crippen molar-refractivity contribution in [1.29, 1.82) is 0 Å². The van der Waals surface area contributed by atoms with Gasteiger partial charge in [0.15, 0.2) is 4.32 Å². The van der Waals surface area contributed by atoms with Crippen LogP contribution in [0.5, 0.6) is 5.75 Å². The van der Waals surface area contributed by atoms with Crippen LogP contribution >= 0.6 is 24.0 Å². The first-order valence-corrected chi connectivity index (χ1v) is 10.9. The van der Waals surface area contributed by atoms with Crippen molar-refractivity contribution >= 4 is 51.9 Å². The first-order valence-electron chi connectivity index (χ1n) is 9.71. The topological polar surface area (TPSA) is 66.8 Å². The highest BCUT2D eigenvalue weighted by atomic mass is 32.2. The molecule has 2 aromatic carbocycles. The standard InChI is InChI=1S/C23H23NO4S2/c1-3-15(2)17-7-9-18(10-8-17)24-22(27)20(30-23(24)29)14-16-5-4-6-19(13-16)28-12-11-21(25)26/h4-10,13-15H,3,11-12H2,1-2H3,(H,25,26)/b20-14+. The molecule has 0 aromatic heterocycles. The number of benzene rings is 2. The molecular weight excluding hydrogens is 418 g/mol. The number of carboxylic acids is 1. The van der Waals surface area contributed by atoms with E-state index in [1.165, 1.54) is 17.3 Å². The smallest absolute Gasteiger partial charge is 0.306 e. The van der Waals surface area contributed by atoms with E-state index in [0.29, 0.717) is 20.9 Å². The van der Waals surface area contributed by atoms with Crippen LogP contribution in [-0.4, -0.2) is 27.9 Å². The van der Waals surface area contributed by atoms with Gasteiger partial charge < -0.3 is 9.84 Å². The van der Waals surface area contributed by atoms with Gasteiger partial charge in [0.2, 0.25) is 0 Å². The van der Waals surface area contributed by atoms with Crippen LogP contribution in [-0.2, 0) is 9.59 Å². The fraction of sp³-hybridized carbons (Fsp3) is 0.261. The molecule has 3 rings (SSSR count). The molecule has 1 amide bonds. The summed E-state index contributed by atoms with van der Waals surface area (Å²) in [6.45, 7) is 4.42. The number of carbonyl (C=O) groups is 2. The zero-order valence-electron chi connectivity index (χ0n) is 16.8. The maximum atomic E-state index is 13.0. The SMILES string of the molecule is CCC(C)c1ccc(N2C(=O)/C(=C\c3cccc(OCCC(=O)O)c3)SC2=S)cc1. The molecule has 5 nitrogen and oxygen atoms in total. The van der Waals surface area contributed by atoms with Crippen molar-refractivity contribution in [1.82, 2.24) is 0 Å². The second-order valence-electron chi connectivity index (χ2n) is 6.98. The Morgan fingerprint density at radius 3 is 2.67 bits per heavy atom. The Labute approximate surface area is 185 Å². The van der Waals surface area contributed by atoms with Crippen LogP contribution in [0, 0.1) is 0 Å². The molecule has 156 valence electrons. The van der Waals surface area contributed by atoms with Crippen molar-refractivity contribution in [3.8, 4) is 5.75 Å². The largest absolute Gasteiger partial charge is 0.493 e. The van der Waals surface area contributed by atoms with Gasteiger partial charge in [-0.05, 0) is 53.8 Å². The number of hydrogen-bond donors (Lipinski definition) is 1. The number of anilines is 1. The van der Waals surface area contributed by atoms with Gasteiger partial charge in [-0.2, -0.15) is 0 Å². The minimum absolute atomic E-state index is 0.0707. The van der Waals surface area contributed by atoms with Crippen LogP contribution in [0.2, 0.25) is 0 Å². The normalized spacial score (nSPS) is 16.2. The number of aliphatic carboxylic acids is 1. The monoisotopic (exact) mass is 441 g/mol. The predicted molar refractivity (Wildman–Crippen MR) is 125 cm³/mol. The molecular formula is C23H23NO4S2. The summed E-state index contributed by atoms with van der Waals surface area (Å²) in [6, 6.07) is 15.2. The molecule has 1 N–H and O–H groups in total. The minimum Gasteiger partial charge on any atom is -0.493 e. The van der Waals surface area contributed by atoms with E-state index in [2.05, 4.69) is 13.8 Å². The Bertz CT molecular complexity index is 985. The predicted octanol–water partition coefficient (Wildman–Crippen LogP) is 5.46. The number of amides is 1. The molecule has 0 bridgehead atoms. The van der Waals surface area contributed by atoms with Gasteiger partial charge in [0.1, 0.15) is 5.75 Å². The minimum atomic E-state index is -0.910. The van der Waals surface area contributed by atoms with Crippen LogP contribution in [0.15, 0.2) is 53.4 Å². The lowest BCUT2D eigenvalue weighted by molar-refractivity contribution is -0.137. The summed E-state index contributed by atoms with van der Waals surface area (Å²) >= 11 is 6.72. The second-order valence-corrected chi connectivity index (χ2v) is 8.66. The molecule has 1 atom stereocenters. The molecule has 0 saturated carbocycles. The van der Waals surface area contributed by atoms with Gasteiger partial charge >= 0.3 is 5.97 Å². The number of carboxylic acid groups (broad SMARTS) is 1. The third kappa shape index (κ3) is 5.29. The van der Waals surface area contributed by atoms with E-state index in [1.54, 1.807) is 29.2 Å². The number of rotatable bonds is 8. The zero-order chi connectivity index (χ0) is 21.7. The van der Waals surface area contributed by atoms with Crippen molar-refractivity contribution in [2.24, 2.45) is 0 Å². The lowest BCUT2D eigenvalue weighted by atomic mass is 9.98. The number of carbonyl (C=O) groups excluding carboxylic acids is 1. The molecule has 0 spiro atoms. The van der Waals surface area contributed by atoms with Gasteiger partial charge in [-0.1, -0.05) is 62.1 Å². The van der Waals surface area contributed by atoms with E-state index < -0.39 is 5.97 Å². The van der Waals surface area contributed by atoms with Crippen molar-refractivity contribution in [3.63, 3.8) is 0 Å². The number of nitrogens with zero attached hydrogens (tertiary/aromatic N) is 1. The van der Waals surface area contributed by atoms with Gasteiger partial charge in [-0.25, -0.2) is 0 Å². The summed E-state index contributed by atoms with van der Waals surface area (Å²) < 4.78 is 5.96. The fourth-order valence-corrected chi connectivity index (χ4v) is 4.28. The molecule has 1 aliphatic rings. The summed E-state index contributed by atoms with van der Waals surface area (Å²) in [5.74, 6) is -0.0401. The molecule has 0 aliphatic carbocycles.